The molecule has 2 unspecified atom stereocenters. The maximum absolute atomic E-state index is 12.8. The number of carbonyl (C=O) groups is 1. The molecule has 1 N–H and O–H groups in total. The molecule has 2 aliphatic rings. The number of carbonyl (C=O) groups excluding carboxylic acids is 1. The molecule has 2 atom stereocenters. The Hall–Kier alpha value is -1.87. The first kappa shape index (κ1) is 11.9. The molecule has 2 fully saturated rings. The quantitative estimate of drug-likeness (QED) is 0.857. The summed E-state index contributed by atoms with van der Waals surface area (Å²) in [5, 5.41) is 5.62. The Morgan fingerprint density at radius 2 is 1.70 bits per heavy atom. The first-order valence-electron chi connectivity index (χ1n) is 7.30. The highest BCUT2D eigenvalue weighted by atomic mass is 16.2. The smallest absolute Gasteiger partial charge is 0.254 e. The summed E-state index contributed by atoms with van der Waals surface area (Å²) in [7, 11) is 0. The topological polar surface area (TPSA) is 32.3 Å². The first-order chi connectivity index (χ1) is 9.83. The second-order valence-electron chi connectivity index (χ2n) is 5.92. The van der Waals surface area contributed by atoms with Crippen LogP contribution in [0.25, 0.3) is 10.8 Å². The van der Waals surface area contributed by atoms with Crippen molar-refractivity contribution >= 4 is 16.7 Å². The van der Waals surface area contributed by atoms with Gasteiger partial charge in [-0.1, -0.05) is 36.4 Å². The minimum Gasteiger partial charge on any atom is -0.338 e. The van der Waals surface area contributed by atoms with Crippen LogP contribution in [0.3, 0.4) is 0 Å². The summed E-state index contributed by atoms with van der Waals surface area (Å²) >= 11 is 0. The van der Waals surface area contributed by atoms with Gasteiger partial charge in [-0.15, -0.1) is 0 Å². The molecule has 1 amide bonds. The van der Waals surface area contributed by atoms with Gasteiger partial charge in [0.2, 0.25) is 0 Å². The lowest BCUT2D eigenvalue weighted by molar-refractivity contribution is 0.0783. The number of fused-ring (bicyclic) bond motifs is 2. The zero-order valence-electron chi connectivity index (χ0n) is 11.4. The zero-order valence-corrected chi connectivity index (χ0v) is 11.4. The minimum atomic E-state index is 0.191. The predicted octanol–water partition coefficient (Wildman–Crippen LogP) is 2.13. The van der Waals surface area contributed by atoms with Gasteiger partial charge < -0.3 is 10.2 Å². The van der Waals surface area contributed by atoms with Gasteiger partial charge >= 0.3 is 0 Å². The molecule has 0 aromatic heterocycles. The third-order valence-electron chi connectivity index (χ3n) is 4.70. The molecule has 0 saturated carbocycles. The molecule has 2 heterocycles. The minimum absolute atomic E-state index is 0.191. The number of hydrogen-bond donors (Lipinski definition) is 1. The van der Waals surface area contributed by atoms with E-state index in [1.165, 1.54) is 0 Å². The maximum Gasteiger partial charge on any atom is 0.254 e. The Labute approximate surface area is 118 Å². The largest absolute Gasteiger partial charge is 0.338 e. The fourth-order valence-electron chi connectivity index (χ4n) is 3.60. The second kappa shape index (κ2) is 4.60. The lowest BCUT2D eigenvalue weighted by Crippen LogP contribution is -2.31. The third-order valence-corrected chi connectivity index (χ3v) is 4.70. The Morgan fingerprint density at radius 3 is 2.50 bits per heavy atom. The van der Waals surface area contributed by atoms with Crippen molar-refractivity contribution in [2.24, 2.45) is 11.8 Å². The predicted molar refractivity (Wildman–Crippen MR) is 79.7 cm³/mol. The molecule has 0 aliphatic carbocycles. The van der Waals surface area contributed by atoms with Gasteiger partial charge in [0.15, 0.2) is 0 Å². The van der Waals surface area contributed by atoms with E-state index in [0.717, 1.165) is 42.5 Å². The van der Waals surface area contributed by atoms with Crippen molar-refractivity contribution in [1.82, 2.24) is 10.2 Å². The molecule has 3 heteroatoms. The van der Waals surface area contributed by atoms with E-state index in [-0.39, 0.29) is 5.91 Å². The van der Waals surface area contributed by atoms with Gasteiger partial charge in [0.05, 0.1) is 0 Å². The monoisotopic (exact) mass is 266 g/mol. The van der Waals surface area contributed by atoms with Gasteiger partial charge in [0, 0.05) is 31.7 Å². The molecule has 3 nitrogen and oxygen atoms in total. The van der Waals surface area contributed by atoms with E-state index >= 15 is 0 Å². The molecule has 4 rings (SSSR count). The number of likely N-dealkylation sites (tertiary alicyclic amines) is 1. The summed E-state index contributed by atoms with van der Waals surface area (Å²) in [5.41, 5.74) is 0.844. The van der Waals surface area contributed by atoms with Crippen molar-refractivity contribution in [3.63, 3.8) is 0 Å². The molecule has 0 spiro atoms. The van der Waals surface area contributed by atoms with Crippen molar-refractivity contribution < 1.29 is 4.79 Å². The van der Waals surface area contributed by atoms with Crippen LogP contribution >= 0.6 is 0 Å². The molecular formula is C17H18N2O. The van der Waals surface area contributed by atoms with E-state index < -0.39 is 0 Å². The maximum atomic E-state index is 12.8. The molecule has 2 saturated heterocycles. The second-order valence-corrected chi connectivity index (χ2v) is 5.92. The molecule has 2 aliphatic heterocycles. The van der Waals surface area contributed by atoms with E-state index in [0.29, 0.717) is 11.8 Å². The Kier molecular flexibility index (Phi) is 2.74. The standard InChI is InChI=1S/C17H18N2O/c20-17(19-10-13-8-18-9-14(13)11-19)16-7-3-5-12-4-1-2-6-15(12)16/h1-7,13-14,18H,8-11H2. The van der Waals surface area contributed by atoms with Crippen molar-refractivity contribution in [1.29, 1.82) is 0 Å². The highest BCUT2D eigenvalue weighted by molar-refractivity contribution is 6.07. The highest BCUT2D eigenvalue weighted by Gasteiger charge is 2.38. The van der Waals surface area contributed by atoms with Gasteiger partial charge in [0.25, 0.3) is 5.91 Å². The molecule has 2 aromatic carbocycles. The normalized spacial score (nSPS) is 25.1. The van der Waals surface area contributed by atoms with Crippen LogP contribution in [0.1, 0.15) is 10.4 Å². The fourth-order valence-corrected chi connectivity index (χ4v) is 3.60. The van der Waals surface area contributed by atoms with Gasteiger partial charge in [-0.2, -0.15) is 0 Å². The van der Waals surface area contributed by atoms with E-state index in [4.69, 9.17) is 0 Å². The number of hydrogen-bond acceptors (Lipinski definition) is 2. The first-order valence-corrected chi connectivity index (χ1v) is 7.30. The molecule has 0 bridgehead atoms. The van der Waals surface area contributed by atoms with E-state index in [1.54, 1.807) is 0 Å². The van der Waals surface area contributed by atoms with Gasteiger partial charge in [-0.25, -0.2) is 0 Å². The summed E-state index contributed by atoms with van der Waals surface area (Å²) in [5.74, 6) is 1.49. The molecular weight excluding hydrogens is 248 g/mol. The van der Waals surface area contributed by atoms with Crippen LogP contribution in [0.2, 0.25) is 0 Å². The Bertz CT molecular complexity index is 650. The average molecular weight is 266 g/mol. The third kappa shape index (κ3) is 1.81. The summed E-state index contributed by atoms with van der Waals surface area (Å²) in [6.45, 7) is 3.92. The molecule has 102 valence electrons. The number of nitrogens with zero attached hydrogens (tertiary/aromatic N) is 1. The number of nitrogens with one attached hydrogen (secondary N) is 1. The SMILES string of the molecule is O=C(c1cccc2ccccc12)N1CC2CNCC2C1. The van der Waals surface area contributed by atoms with Crippen molar-refractivity contribution in [3.8, 4) is 0 Å². The van der Waals surface area contributed by atoms with Crippen molar-refractivity contribution in [2.75, 3.05) is 26.2 Å². The van der Waals surface area contributed by atoms with Crippen molar-refractivity contribution in [3.05, 3.63) is 48.0 Å². The lowest BCUT2D eigenvalue weighted by Gasteiger charge is -2.18. The van der Waals surface area contributed by atoms with Gasteiger partial charge in [-0.3, -0.25) is 4.79 Å². The Morgan fingerprint density at radius 1 is 1.00 bits per heavy atom. The summed E-state index contributed by atoms with van der Waals surface area (Å²) in [6.07, 6.45) is 0. The zero-order chi connectivity index (χ0) is 13.5. The lowest BCUT2D eigenvalue weighted by atomic mass is 10.0. The van der Waals surface area contributed by atoms with Crippen LogP contribution in [-0.2, 0) is 0 Å². The van der Waals surface area contributed by atoms with Gasteiger partial charge in [0.1, 0.15) is 0 Å². The number of rotatable bonds is 1. The summed E-state index contributed by atoms with van der Waals surface area (Å²) < 4.78 is 0. The van der Waals surface area contributed by atoms with Crippen LogP contribution in [0.5, 0.6) is 0 Å². The molecule has 20 heavy (non-hydrogen) atoms. The molecule has 0 radical (unpaired) electrons. The number of amides is 1. The van der Waals surface area contributed by atoms with Crippen LogP contribution in [0.15, 0.2) is 42.5 Å². The summed E-state index contributed by atoms with van der Waals surface area (Å²) in [6, 6.07) is 14.1. The van der Waals surface area contributed by atoms with E-state index in [1.807, 2.05) is 35.2 Å². The Balaban J connectivity index is 1.68. The van der Waals surface area contributed by atoms with Crippen molar-refractivity contribution in [2.45, 2.75) is 0 Å². The van der Waals surface area contributed by atoms with Crippen LogP contribution in [-0.4, -0.2) is 37.0 Å². The van der Waals surface area contributed by atoms with Crippen LogP contribution < -0.4 is 5.32 Å². The summed E-state index contributed by atoms with van der Waals surface area (Å²) in [4.78, 5) is 14.8. The van der Waals surface area contributed by atoms with Crippen LogP contribution in [0.4, 0.5) is 0 Å². The molecule has 2 aromatic rings. The van der Waals surface area contributed by atoms with Crippen LogP contribution in [0, 0.1) is 11.8 Å². The highest BCUT2D eigenvalue weighted by Crippen LogP contribution is 2.29. The van der Waals surface area contributed by atoms with E-state index in [9.17, 15) is 4.79 Å². The number of benzene rings is 2. The van der Waals surface area contributed by atoms with Gasteiger partial charge in [-0.05, 0) is 28.7 Å². The van der Waals surface area contributed by atoms with E-state index in [2.05, 4.69) is 17.4 Å². The fraction of sp³-hybridized carbons (Fsp3) is 0.353. The average Bonchev–Trinajstić information content (AvgIpc) is 3.07.